The van der Waals surface area contributed by atoms with E-state index in [2.05, 4.69) is 62.4 Å². The lowest BCUT2D eigenvalue weighted by Gasteiger charge is -2.38. The molecule has 0 unspecified atom stereocenters. The topological polar surface area (TPSA) is 99.4 Å². The van der Waals surface area contributed by atoms with Crippen LogP contribution in [0.5, 0.6) is 46.0 Å². The Morgan fingerprint density at radius 3 is 0.891 bits per heavy atom. The molecule has 2 aliphatic rings. The van der Waals surface area contributed by atoms with Crippen molar-refractivity contribution in [1.29, 1.82) is 0 Å². The van der Waals surface area contributed by atoms with Crippen molar-refractivity contribution in [2.24, 2.45) is 0 Å². The number of benzene rings is 6. The maximum Gasteiger partial charge on any atom is 0.173 e. The summed E-state index contributed by atoms with van der Waals surface area (Å²) < 4.78 is 12.1. The van der Waals surface area contributed by atoms with Crippen LogP contribution in [-0.4, -0.2) is 20.4 Å². The molecule has 2 aliphatic heterocycles. The van der Waals surface area contributed by atoms with Gasteiger partial charge in [0.05, 0.1) is 0 Å². The van der Waals surface area contributed by atoms with Gasteiger partial charge in [0.2, 0.25) is 0 Å². The third kappa shape index (κ3) is 3.76. The Bertz CT molecular complexity index is 1910. The largest absolute Gasteiger partial charge is 0.504 e. The number of fused-ring (bicyclic) bond motifs is 4. The SMILES string of the molecule is CC1(c2ccc(-c3ccc(C4(C)c5cccc(O)c5Oc5c(O)cccc54)cc3)cc2)c2cccc(O)c2Oc2c(O)cccc21. The summed E-state index contributed by atoms with van der Waals surface area (Å²) in [5.74, 6) is 1.42. The fourth-order valence-electron chi connectivity index (χ4n) is 7.21. The van der Waals surface area contributed by atoms with Crippen molar-refractivity contribution < 1.29 is 29.9 Å². The lowest BCUT2D eigenvalue weighted by atomic mass is 9.68. The Morgan fingerprint density at radius 1 is 0.370 bits per heavy atom. The van der Waals surface area contributed by atoms with E-state index in [1.165, 1.54) is 0 Å². The molecule has 4 N–H and O–H groups in total. The highest BCUT2D eigenvalue weighted by Crippen LogP contribution is 2.57. The van der Waals surface area contributed by atoms with Gasteiger partial charge >= 0.3 is 0 Å². The summed E-state index contributed by atoms with van der Waals surface area (Å²) in [7, 11) is 0. The molecular formula is C40H30O6. The van der Waals surface area contributed by atoms with Crippen molar-refractivity contribution >= 4 is 0 Å². The summed E-state index contributed by atoms with van der Waals surface area (Å²) in [6, 6.07) is 37.9. The van der Waals surface area contributed by atoms with E-state index >= 15 is 0 Å². The first-order valence-electron chi connectivity index (χ1n) is 15.1. The molecule has 0 aliphatic carbocycles. The second-order valence-electron chi connectivity index (χ2n) is 12.2. The van der Waals surface area contributed by atoms with Crippen LogP contribution in [0, 0.1) is 0 Å². The number of para-hydroxylation sites is 4. The minimum atomic E-state index is -0.696. The van der Waals surface area contributed by atoms with E-state index in [4.69, 9.17) is 9.47 Å². The van der Waals surface area contributed by atoms with Gasteiger partial charge in [0, 0.05) is 33.1 Å². The Labute approximate surface area is 266 Å². The highest BCUT2D eigenvalue weighted by molar-refractivity contribution is 5.72. The van der Waals surface area contributed by atoms with Crippen LogP contribution in [0.4, 0.5) is 0 Å². The van der Waals surface area contributed by atoms with Gasteiger partial charge in [-0.25, -0.2) is 0 Å². The minimum absolute atomic E-state index is 0.0169. The standard InChI is InChI=1S/C40H30O6/c1-39(27-7-3-11-31(41)35(27)45-36-28(39)8-4-12-32(36)42)25-19-15-23(16-20-25)24-17-21-26(22-18-24)40(2)29-9-5-13-33(43)37(29)46-38-30(40)10-6-14-34(38)44/h3-22,41-44H,1-2H3. The first-order valence-corrected chi connectivity index (χ1v) is 15.1. The third-order valence-corrected chi connectivity index (χ3v) is 9.80. The van der Waals surface area contributed by atoms with Crippen molar-refractivity contribution in [3.05, 3.63) is 155 Å². The van der Waals surface area contributed by atoms with Gasteiger partial charge in [-0.05, 0) is 60.4 Å². The second-order valence-corrected chi connectivity index (χ2v) is 12.2. The van der Waals surface area contributed by atoms with Crippen LogP contribution in [0.2, 0.25) is 0 Å². The third-order valence-electron chi connectivity index (χ3n) is 9.80. The monoisotopic (exact) mass is 606 g/mol. The van der Waals surface area contributed by atoms with Gasteiger partial charge in [0.15, 0.2) is 46.0 Å². The predicted molar refractivity (Wildman–Crippen MR) is 176 cm³/mol. The van der Waals surface area contributed by atoms with Gasteiger partial charge < -0.3 is 29.9 Å². The first kappa shape index (κ1) is 27.7. The Kier molecular flexibility index (Phi) is 5.90. The predicted octanol–water partition coefficient (Wildman–Crippen LogP) is 9.10. The fourth-order valence-corrected chi connectivity index (χ4v) is 7.21. The maximum absolute atomic E-state index is 10.7. The number of rotatable bonds is 3. The molecular weight excluding hydrogens is 576 g/mol. The van der Waals surface area contributed by atoms with Crippen LogP contribution in [0.3, 0.4) is 0 Å². The molecule has 0 aromatic heterocycles. The zero-order valence-corrected chi connectivity index (χ0v) is 25.2. The maximum atomic E-state index is 10.7. The Morgan fingerprint density at radius 2 is 0.630 bits per heavy atom. The molecule has 0 saturated heterocycles. The van der Waals surface area contributed by atoms with Gasteiger partial charge in [-0.1, -0.05) is 97.1 Å². The molecule has 6 heteroatoms. The van der Waals surface area contributed by atoms with Crippen molar-refractivity contribution in [3.8, 4) is 57.1 Å². The van der Waals surface area contributed by atoms with Gasteiger partial charge in [-0.2, -0.15) is 0 Å². The van der Waals surface area contributed by atoms with Crippen molar-refractivity contribution in [2.45, 2.75) is 24.7 Å². The number of hydrogen-bond donors (Lipinski definition) is 4. The molecule has 0 radical (unpaired) electrons. The molecule has 6 aromatic rings. The zero-order valence-electron chi connectivity index (χ0n) is 25.2. The highest BCUT2D eigenvalue weighted by atomic mass is 16.5. The summed E-state index contributed by atoms with van der Waals surface area (Å²) in [6.45, 7) is 4.16. The van der Waals surface area contributed by atoms with Crippen LogP contribution in [-0.2, 0) is 10.8 Å². The fraction of sp³-hybridized carbons (Fsp3) is 0.100. The summed E-state index contributed by atoms with van der Waals surface area (Å²) >= 11 is 0. The van der Waals surface area contributed by atoms with Crippen LogP contribution >= 0.6 is 0 Å². The van der Waals surface area contributed by atoms with E-state index in [-0.39, 0.29) is 23.0 Å². The first-order chi connectivity index (χ1) is 22.2. The van der Waals surface area contributed by atoms with Crippen LogP contribution < -0.4 is 9.47 Å². The van der Waals surface area contributed by atoms with E-state index in [9.17, 15) is 20.4 Å². The number of phenolic OH excluding ortho intramolecular Hbond substituents is 4. The molecule has 0 bridgehead atoms. The Balaban J connectivity index is 1.19. The molecule has 0 fully saturated rings. The lowest BCUT2D eigenvalue weighted by Crippen LogP contribution is -2.29. The summed E-state index contributed by atoms with van der Waals surface area (Å²) in [4.78, 5) is 0. The molecule has 0 amide bonds. The van der Waals surface area contributed by atoms with Gasteiger partial charge in [-0.3, -0.25) is 0 Å². The molecule has 0 spiro atoms. The molecule has 0 saturated carbocycles. The van der Waals surface area contributed by atoms with Gasteiger partial charge in [0.1, 0.15) is 0 Å². The van der Waals surface area contributed by atoms with Crippen molar-refractivity contribution in [3.63, 3.8) is 0 Å². The van der Waals surface area contributed by atoms with E-state index in [0.717, 1.165) is 44.5 Å². The molecule has 8 rings (SSSR count). The molecule has 6 aromatic carbocycles. The van der Waals surface area contributed by atoms with Gasteiger partial charge in [0.25, 0.3) is 0 Å². The van der Waals surface area contributed by atoms with E-state index in [0.29, 0.717) is 23.0 Å². The molecule has 226 valence electrons. The molecule has 46 heavy (non-hydrogen) atoms. The lowest BCUT2D eigenvalue weighted by molar-refractivity contribution is 0.357. The van der Waals surface area contributed by atoms with Crippen LogP contribution in [0.15, 0.2) is 121 Å². The summed E-state index contributed by atoms with van der Waals surface area (Å²) in [6.07, 6.45) is 0. The quantitative estimate of drug-likeness (QED) is 0.160. The van der Waals surface area contributed by atoms with Crippen molar-refractivity contribution in [2.75, 3.05) is 0 Å². The number of phenols is 4. The smallest absolute Gasteiger partial charge is 0.173 e. The number of ether oxygens (including phenoxy) is 2. The van der Waals surface area contributed by atoms with Crippen molar-refractivity contribution in [1.82, 2.24) is 0 Å². The van der Waals surface area contributed by atoms with E-state index in [1.54, 1.807) is 48.5 Å². The molecule has 0 atom stereocenters. The minimum Gasteiger partial charge on any atom is -0.504 e. The average Bonchev–Trinajstić information content (AvgIpc) is 3.07. The number of aromatic hydroxyl groups is 4. The van der Waals surface area contributed by atoms with Gasteiger partial charge in [-0.15, -0.1) is 0 Å². The summed E-state index contributed by atoms with van der Waals surface area (Å²) in [5, 5.41) is 42.7. The van der Waals surface area contributed by atoms with E-state index < -0.39 is 10.8 Å². The van der Waals surface area contributed by atoms with Crippen LogP contribution in [0.1, 0.15) is 47.2 Å². The molecule has 6 nitrogen and oxygen atoms in total. The normalized spacial score (nSPS) is 14.9. The zero-order chi connectivity index (χ0) is 31.8. The molecule has 2 heterocycles. The van der Waals surface area contributed by atoms with E-state index in [1.807, 2.05) is 24.3 Å². The highest BCUT2D eigenvalue weighted by Gasteiger charge is 2.43. The number of hydrogen-bond acceptors (Lipinski definition) is 6. The van der Waals surface area contributed by atoms with Crippen LogP contribution in [0.25, 0.3) is 11.1 Å². The average molecular weight is 607 g/mol. The second kappa shape index (κ2) is 9.81. The Hall–Kier alpha value is -5.88. The summed E-state index contributed by atoms with van der Waals surface area (Å²) in [5.41, 5.74) is 5.86.